The summed E-state index contributed by atoms with van der Waals surface area (Å²) < 4.78 is 3.86. The molecule has 2 aromatic carbocycles. The van der Waals surface area contributed by atoms with Crippen molar-refractivity contribution in [3.05, 3.63) is 95.6 Å². The second-order valence-corrected chi connectivity index (χ2v) is 8.79. The Kier molecular flexibility index (Phi) is 8.20. The minimum absolute atomic E-state index is 0.0487. The number of rotatable bonds is 6. The van der Waals surface area contributed by atoms with Gasteiger partial charge in [0, 0.05) is 29.7 Å². The van der Waals surface area contributed by atoms with Crippen molar-refractivity contribution in [1.82, 2.24) is 19.1 Å². The minimum atomic E-state index is 0.0487. The Morgan fingerprint density at radius 2 is 1.33 bits per heavy atom. The molecule has 6 nitrogen and oxygen atoms in total. The minimum Gasteiger partial charge on any atom is -0.392 e. The number of hydrogen-bond acceptors (Lipinski definition) is 4. The number of imidazole rings is 2. The number of aliphatic hydroxyl groups is 2. The van der Waals surface area contributed by atoms with Crippen molar-refractivity contribution < 1.29 is 10.2 Å². The molecular weight excluding hydrogens is 412 g/mol. The maximum atomic E-state index is 9.46. The molecule has 0 atom stereocenters. The largest absolute Gasteiger partial charge is 0.392 e. The smallest absolute Gasteiger partial charge is 0.0995 e. The van der Waals surface area contributed by atoms with Gasteiger partial charge in [0.1, 0.15) is 0 Å². The summed E-state index contributed by atoms with van der Waals surface area (Å²) in [5, 5.41) is 18.8. The first-order valence-corrected chi connectivity index (χ1v) is 11.3. The highest BCUT2D eigenvalue weighted by molar-refractivity contribution is 5.45. The van der Waals surface area contributed by atoms with Crippen LogP contribution >= 0.6 is 0 Å². The van der Waals surface area contributed by atoms with E-state index >= 15 is 0 Å². The first kappa shape index (κ1) is 24.4. The summed E-state index contributed by atoms with van der Waals surface area (Å²) in [6, 6.07) is 12.4. The van der Waals surface area contributed by atoms with Crippen LogP contribution in [0.5, 0.6) is 0 Å². The standard InChI is InChI=1S/C14H18N2O.C13H16N2O/c1-10(2)12-4-5-14(13(6-12)8-17)16-7-11(3)15-9-16;1-10(2)11-3-4-13(12(7-11)8-16)15-6-5-14-9-15/h4-7,9-10,17H,8H2,1-3H3;3-7,9-10,16H,8H2,1-2H3. The van der Waals surface area contributed by atoms with Crippen molar-refractivity contribution in [1.29, 1.82) is 0 Å². The fraction of sp³-hybridized carbons (Fsp3) is 0.333. The van der Waals surface area contributed by atoms with Gasteiger partial charge in [-0.15, -0.1) is 0 Å². The number of nitrogens with zero attached hydrogens (tertiary/aromatic N) is 4. The van der Waals surface area contributed by atoms with Crippen LogP contribution in [0.25, 0.3) is 11.4 Å². The number of benzene rings is 2. The first-order chi connectivity index (χ1) is 15.8. The fourth-order valence-corrected chi connectivity index (χ4v) is 3.64. The van der Waals surface area contributed by atoms with E-state index in [9.17, 15) is 10.2 Å². The Labute approximate surface area is 196 Å². The fourth-order valence-electron chi connectivity index (χ4n) is 3.64. The summed E-state index contributed by atoms with van der Waals surface area (Å²) in [7, 11) is 0. The Bertz CT molecular complexity index is 1160. The SMILES string of the molecule is CC(C)c1ccc(-n2ccnc2)c(CO)c1.Cc1cn(-c2ccc(C(C)C)cc2CO)cn1. The van der Waals surface area contributed by atoms with E-state index in [-0.39, 0.29) is 13.2 Å². The molecule has 2 N–H and O–H groups in total. The van der Waals surface area contributed by atoms with Gasteiger partial charge in [-0.2, -0.15) is 0 Å². The number of aromatic nitrogens is 4. The van der Waals surface area contributed by atoms with E-state index in [4.69, 9.17) is 0 Å². The van der Waals surface area contributed by atoms with Crippen molar-refractivity contribution in [2.75, 3.05) is 0 Å². The van der Waals surface area contributed by atoms with Crippen LogP contribution in [-0.2, 0) is 13.2 Å². The number of aryl methyl sites for hydroxylation is 1. The summed E-state index contributed by atoms with van der Waals surface area (Å²) in [6.45, 7) is 10.6. The molecule has 33 heavy (non-hydrogen) atoms. The molecule has 0 aliphatic carbocycles. The highest BCUT2D eigenvalue weighted by Crippen LogP contribution is 2.23. The van der Waals surface area contributed by atoms with Crippen LogP contribution in [0.15, 0.2) is 67.6 Å². The Morgan fingerprint density at radius 3 is 1.73 bits per heavy atom. The summed E-state index contributed by atoms with van der Waals surface area (Å²) >= 11 is 0. The van der Waals surface area contributed by atoms with Crippen molar-refractivity contribution in [3.63, 3.8) is 0 Å². The molecule has 0 saturated heterocycles. The molecule has 0 saturated carbocycles. The van der Waals surface area contributed by atoms with Gasteiger partial charge in [0.05, 0.1) is 42.9 Å². The lowest BCUT2D eigenvalue weighted by Gasteiger charge is -2.12. The zero-order valence-electron chi connectivity index (χ0n) is 20.1. The van der Waals surface area contributed by atoms with E-state index in [1.807, 2.05) is 40.6 Å². The van der Waals surface area contributed by atoms with Gasteiger partial charge in [-0.05, 0) is 42.0 Å². The summed E-state index contributed by atoms with van der Waals surface area (Å²) in [4.78, 5) is 8.22. The van der Waals surface area contributed by atoms with Gasteiger partial charge in [0.25, 0.3) is 0 Å². The Morgan fingerprint density at radius 1 is 0.788 bits per heavy atom. The van der Waals surface area contributed by atoms with Crippen molar-refractivity contribution >= 4 is 0 Å². The molecule has 0 unspecified atom stereocenters. The lowest BCUT2D eigenvalue weighted by Crippen LogP contribution is -2.00. The second-order valence-electron chi connectivity index (χ2n) is 8.79. The van der Waals surface area contributed by atoms with Gasteiger partial charge in [0.2, 0.25) is 0 Å². The zero-order valence-corrected chi connectivity index (χ0v) is 20.1. The molecule has 2 aromatic heterocycles. The summed E-state index contributed by atoms with van der Waals surface area (Å²) in [6.07, 6.45) is 9.09. The van der Waals surface area contributed by atoms with E-state index in [0.29, 0.717) is 11.8 Å². The number of hydrogen-bond donors (Lipinski definition) is 2. The molecule has 4 rings (SSSR count). The van der Waals surface area contributed by atoms with E-state index < -0.39 is 0 Å². The average Bonchev–Trinajstić information content (AvgIpc) is 3.50. The van der Waals surface area contributed by atoms with Crippen molar-refractivity contribution in [2.45, 2.75) is 59.7 Å². The highest BCUT2D eigenvalue weighted by Gasteiger charge is 2.08. The van der Waals surface area contributed by atoms with Gasteiger partial charge < -0.3 is 19.3 Å². The van der Waals surface area contributed by atoms with Gasteiger partial charge in [-0.1, -0.05) is 52.0 Å². The van der Waals surface area contributed by atoms with Gasteiger partial charge >= 0.3 is 0 Å². The van der Waals surface area contributed by atoms with Crippen LogP contribution in [0.3, 0.4) is 0 Å². The summed E-state index contributed by atoms with van der Waals surface area (Å²) in [5.41, 5.74) is 7.32. The molecule has 0 aliphatic heterocycles. The third-order valence-corrected chi connectivity index (χ3v) is 5.65. The van der Waals surface area contributed by atoms with E-state index in [2.05, 4.69) is 61.9 Å². The monoisotopic (exact) mass is 446 g/mol. The lowest BCUT2D eigenvalue weighted by molar-refractivity contribution is 0.281. The molecule has 0 radical (unpaired) electrons. The third kappa shape index (κ3) is 5.97. The number of aliphatic hydroxyl groups excluding tert-OH is 2. The zero-order chi connectivity index (χ0) is 24.0. The molecule has 0 spiro atoms. The Hall–Kier alpha value is -3.22. The Balaban J connectivity index is 0.000000186. The maximum absolute atomic E-state index is 9.46. The molecule has 2 heterocycles. The van der Waals surface area contributed by atoms with E-state index in [1.165, 1.54) is 11.1 Å². The topological polar surface area (TPSA) is 76.1 Å². The quantitative estimate of drug-likeness (QED) is 0.422. The molecule has 0 amide bonds. The molecule has 6 heteroatoms. The lowest BCUT2D eigenvalue weighted by atomic mass is 10.00. The third-order valence-electron chi connectivity index (χ3n) is 5.65. The molecular formula is C27H34N4O2. The maximum Gasteiger partial charge on any atom is 0.0995 e. The predicted molar refractivity (Wildman–Crippen MR) is 132 cm³/mol. The normalized spacial score (nSPS) is 11.1. The molecule has 0 fully saturated rings. The second kappa shape index (κ2) is 11.1. The van der Waals surface area contributed by atoms with Gasteiger partial charge in [0.15, 0.2) is 0 Å². The van der Waals surface area contributed by atoms with Crippen LogP contribution in [0.2, 0.25) is 0 Å². The summed E-state index contributed by atoms with van der Waals surface area (Å²) in [5.74, 6) is 0.945. The van der Waals surface area contributed by atoms with Crippen LogP contribution < -0.4 is 0 Å². The van der Waals surface area contributed by atoms with Crippen LogP contribution in [-0.4, -0.2) is 29.3 Å². The highest BCUT2D eigenvalue weighted by atomic mass is 16.3. The molecule has 4 aromatic rings. The molecule has 174 valence electrons. The first-order valence-electron chi connectivity index (χ1n) is 11.3. The van der Waals surface area contributed by atoms with E-state index in [0.717, 1.165) is 28.2 Å². The van der Waals surface area contributed by atoms with Crippen LogP contribution in [0.4, 0.5) is 0 Å². The predicted octanol–water partition coefficient (Wildman–Crippen LogP) is 5.28. The van der Waals surface area contributed by atoms with Crippen molar-refractivity contribution in [3.8, 4) is 11.4 Å². The molecule has 0 aliphatic rings. The van der Waals surface area contributed by atoms with Crippen LogP contribution in [0.1, 0.15) is 67.5 Å². The van der Waals surface area contributed by atoms with E-state index in [1.54, 1.807) is 18.9 Å². The van der Waals surface area contributed by atoms with Gasteiger partial charge in [-0.3, -0.25) is 0 Å². The van der Waals surface area contributed by atoms with Gasteiger partial charge in [-0.25, -0.2) is 9.97 Å². The molecule has 0 bridgehead atoms. The van der Waals surface area contributed by atoms with Crippen LogP contribution in [0, 0.1) is 6.92 Å². The average molecular weight is 447 g/mol. The van der Waals surface area contributed by atoms with Crippen molar-refractivity contribution in [2.24, 2.45) is 0 Å².